The van der Waals surface area contributed by atoms with Gasteiger partial charge in [-0.05, 0) is 49.9 Å². The van der Waals surface area contributed by atoms with E-state index in [2.05, 4.69) is 87.9 Å². The van der Waals surface area contributed by atoms with Crippen molar-refractivity contribution in [2.24, 2.45) is 11.8 Å². The molecule has 116 valence electrons. The molecule has 0 aliphatic heterocycles. The lowest BCUT2D eigenvalue weighted by atomic mass is 9.82. The molecule has 0 amide bonds. The van der Waals surface area contributed by atoms with Gasteiger partial charge in [-0.2, -0.15) is 0 Å². The Bertz CT molecular complexity index is 716. The van der Waals surface area contributed by atoms with E-state index in [0.717, 1.165) is 11.1 Å². The van der Waals surface area contributed by atoms with Gasteiger partial charge in [0.15, 0.2) is 0 Å². The lowest BCUT2D eigenvalue weighted by Crippen LogP contribution is -2.12. The highest BCUT2D eigenvalue weighted by molar-refractivity contribution is 6.32. The molecule has 2 aromatic carbocycles. The Labute approximate surface area is 147 Å². The van der Waals surface area contributed by atoms with Gasteiger partial charge >= 0.3 is 0 Å². The van der Waals surface area contributed by atoms with Crippen molar-refractivity contribution in [1.82, 2.24) is 0 Å². The van der Waals surface area contributed by atoms with Gasteiger partial charge in [0, 0.05) is 23.0 Å². The van der Waals surface area contributed by atoms with Crippen molar-refractivity contribution in [1.29, 1.82) is 0 Å². The van der Waals surface area contributed by atoms with Crippen LogP contribution < -0.4 is 10.9 Å². The zero-order valence-electron chi connectivity index (χ0n) is 14.6. The van der Waals surface area contributed by atoms with Crippen molar-refractivity contribution in [2.75, 3.05) is 0 Å². The molecule has 1 aliphatic rings. The van der Waals surface area contributed by atoms with Gasteiger partial charge in [0.05, 0.1) is 0 Å². The fraction of sp³-hybridized carbons (Fsp3) is 0.273. The summed E-state index contributed by atoms with van der Waals surface area (Å²) in [5.41, 5.74) is 4.82. The average Bonchev–Trinajstić information content (AvgIpc) is 2.62. The van der Waals surface area contributed by atoms with Crippen LogP contribution in [0.15, 0.2) is 48.5 Å². The average molecular weight is 308 g/mol. The van der Waals surface area contributed by atoms with E-state index in [1.807, 2.05) is 0 Å². The molecule has 0 N–H and O–H groups in total. The highest BCUT2D eigenvalue weighted by Crippen LogP contribution is 2.28. The molecule has 0 bridgehead atoms. The first-order valence-electron chi connectivity index (χ1n) is 8.85. The predicted molar refractivity (Wildman–Crippen MR) is 108 cm³/mol. The predicted octanol–water partition coefficient (Wildman–Crippen LogP) is 1.41. The Morgan fingerprint density at radius 2 is 0.917 bits per heavy atom. The summed E-state index contributed by atoms with van der Waals surface area (Å²) in [6, 6.07) is 17.0. The molecule has 24 heavy (non-hydrogen) atoms. The van der Waals surface area contributed by atoms with Gasteiger partial charge in [0.2, 0.25) is 0 Å². The first kappa shape index (κ1) is 16.5. The standard InChI is InChI=1S/C22H22B2/c23-21-13-9-19(10-14-21)7-5-17-1-2-18(4-3-17)6-8-20-11-15-22(24)16-12-20/h9-18H,1-4,23-24H2. The summed E-state index contributed by atoms with van der Waals surface area (Å²) < 4.78 is 0. The van der Waals surface area contributed by atoms with Crippen LogP contribution in [-0.4, -0.2) is 15.7 Å². The highest BCUT2D eigenvalue weighted by atomic mass is 14.2. The molecule has 0 unspecified atom stereocenters. The van der Waals surface area contributed by atoms with Crippen LogP contribution in [0.3, 0.4) is 0 Å². The van der Waals surface area contributed by atoms with Crippen LogP contribution in [0.1, 0.15) is 36.8 Å². The minimum atomic E-state index is 0.531. The molecule has 2 heteroatoms. The van der Waals surface area contributed by atoms with Gasteiger partial charge in [0.1, 0.15) is 15.7 Å². The summed E-state index contributed by atoms with van der Waals surface area (Å²) in [5, 5.41) is 0. The monoisotopic (exact) mass is 308 g/mol. The van der Waals surface area contributed by atoms with Gasteiger partial charge in [0.25, 0.3) is 0 Å². The summed E-state index contributed by atoms with van der Waals surface area (Å²) in [4.78, 5) is 0. The largest absolute Gasteiger partial charge is 0.139 e. The Morgan fingerprint density at radius 1 is 0.583 bits per heavy atom. The molecule has 1 aliphatic carbocycles. The van der Waals surface area contributed by atoms with Crippen LogP contribution in [0.25, 0.3) is 0 Å². The minimum absolute atomic E-state index is 0.531. The Hall–Kier alpha value is -2.31. The first-order chi connectivity index (χ1) is 11.7. The third-order valence-corrected chi connectivity index (χ3v) is 4.67. The van der Waals surface area contributed by atoms with Crippen LogP contribution >= 0.6 is 0 Å². The molecule has 0 atom stereocenters. The summed E-state index contributed by atoms with van der Waals surface area (Å²) >= 11 is 0. The van der Waals surface area contributed by atoms with Crippen molar-refractivity contribution < 1.29 is 0 Å². The highest BCUT2D eigenvalue weighted by Gasteiger charge is 2.18. The summed E-state index contributed by atoms with van der Waals surface area (Å²) in [7, 11) is 4.21. The van der Waals surface area contributed by atoms with E-state index in [1.165, 1.54) is 36.6 Å². The zero-order valence-corrected chi connectivity index (χ0v) is 14.6. The molecular weight excluding hydrogens is 286 g/mol. The Kier molecular flexibility index (Phi) is 5.51. The second-order valence-corrected chi connectivity index (χ2v) is 6.82. The van der Waals surface area contributed by atoms with E-state index in [9.17, 15) is 0 Å². The van der Waals surface area contributed by atoms with Gasteiger partial charge in [-0.3, -0.25) is 0 Å². The fourth-order valence-electron chi connectivity index (χ4n) is 3.03. The third-order valence-electron chi connectivity index (χ3n) is 4.67. The fourth-order valence-corrected chi connectivity index (χ4v) is 3.03. The number of hydrogen-bond donors (Lipinski definition) is 0. The summed E-state index contributed by atoms with van der Waals surface area (Å²) in [5.74, 6) is 14.6. The minimum Gasteiger partial charge on any atom is -0.0945 e. The lowest BCUT2D eigenvalue weighted by Gasteiger charge is -2.21. The lowest BCUT2D eigenvalue weighted by molar-refractivity contribution is 0.373. The molecular formula is C22H22B2. The number of hydrogen-bond acceptors (Lipinski definition) is 0. The molecule has 0 radical (unpaired) electrons. The number of benzene rings is 2. The van der Waals surface area contributed by atoms with E-state index in [4.69, 9.17) is 0 Å². The smallest absolute Gasteiger partial charge is 0.0945 e. The van der Waals surface area contributed by atoms with Crippen molar-refractivity contribution in [3.63, 3.8) is 0 Å². The quantitative estimate of drug-likeness (QED) is 0.510. The van der Waals surface area contributed by atoms with Gasteiger partial charge in [-0.15, -0.1) is 0 Å². The van der Waals surface area contributed by atoms with Crippen molar-refractivity contribution >= 4 is 26.6 Å². The van der Waals surface area contributed by atoms with Gasteiger partial charge in [-0.25, -0.2) is 0 Å². The second-order valence-electron chi connectivity index (χ2n) is 6.82. The van der Waals surface area contributed by atoms with E-state index in [-0.39, 0.29) is 0 Å². The maximum Gasteiger partial charge on any atom is 0.139 e. The molecule has 1 fully saturated rings. The van der Waals surface area contributed by atoms with Gasteiger partial charge < -0.3 is 0 Å². The first-order valence-corrected chi connectivity index (χ1v) is 8.85. The van der Waals surface area contributed by atoms with E-state index in [0.29, 0.717) is 11.8 Å². The SMILES string of the molecule is Bc1ccc(C#CC2CCC(C#Cc3ccc(B)cc3)CC2)cc1. The van der Waals surface area contributed by atoms with Crippen LogP contribution in [0.4, 0.5) is 0 Å². The number of rotatable bonds is 0. The summed E-state index contributed by atoms with van der Waals surface area (Å²) in [6.45, 7) is 0. The van der Waals surface area contributed by atoms with Crippen molar-refractivity contribution in [3.8, 4) is 23.7 Å². The van der Waals surface area contributed by atoms with E-state index < -0.39 is 0 Å². The van der Waals surface area contributed by atoms with Crippen molar-refractivity contribution in [3.05, 3.63) is 59.7 Å². The van der Waals surface area contributed by atoms with E-state index in [1.54, 1.807) is 0 Å². The Morgan fingerprint density at radius 3 is 1.25 bits per heavy atom. The molecule has 2 aromatic rings. The maximum absolute atomic E-state index is 3.46. The molecule has 0 spiro atoms. The van der Waals surface area contributed by atoms with Crippen LogP contribution in [-0.2, 0) is 0 Å². The second kappa shape index (κ2) is 7.99. The Balaban J connectivity index is 1.53. The van der Waals surface area contributed by atoms with E-state index >= 15 is 0 Å². The van der Waals surface area contributed by atoms with Gasteiger partial charge in [-0.1, -0.05) is 58.9 Å². The van der Waals surface area contributed by atoms with Crippen molar-refractivity contribution in [2.45, 2.75) is 25.7 Å². The van der Waals surface area contributed by atoms with Crippen LogP contribution in [0.5, 0.6) is 0 Å². The third kappa shape index (κ3) is 4.84. The molecule has 0 heterocycles. The van der Waals surface area contributed by atoms with Crippen LogP contribution in [0, 0.1) is 35.5 Å². The molecule has 1 saturated carbocycles. The van der Waals surface area contributed by atoms with Crippen LogP contribution in [0.2, 0.25) is 0 Å². The zero-order chi connectivity index (χ0) is 16.8. The maximum atomic E-state index is 3.46. The molecule has 0 nitrogen and oxygen atoms in total. The normalized spacial score (nSPS) is 19.5. The molecule has 0 saturated heterocycles. The summed E-state index contributed by atoms with van der Waals surface area (Å²) in [6.07, 6.45) is 4.69. The molecule has 3 rings (SSSR count). The topological polar surface area (TPSA) is 0 Å². The molecule has 0 aromatic heterocycles.